The number of para-hydroxylation sites is 1. The molecule has 0 saturated heterocycles. The van der Waals surface area contributed by atoms with Crippen molar-refractivity contribution < 1.29 is 27.9 Å². The van der Waals surface area contributed by atoms with Crippen molar-refractivity contribution in [3.05, 3.63) is 87.9 Å². The lowest BCUT2D eigenvalue weighted by molar-refractivity contribution is -0.137. The Morgan fingerprint density at radius 3 is 2.39 bits per heavy atom. The lowest BCUT2D eigenvalue weighted by atomic mass is 10.1. The average Bonchev–Trinajstić information content (AvgIpc) is 3.40. The third-order valence-corrected chi connectivity index (χ3v) is 5.79. The average molecular weight is 492 g/mol. The molecule has 11 heteroatoms. The van der Waals surface area contributed by atoms with E-state index < -0.39 is 29.2 Å². The van der Waals surface area contributed by atoms with Gasteiger partial charge in [0.25, 0.3) is 5.91 Å². The molecule has 0 aliphatic carbocycles. The Morgan fingerprint density at radius 2 is 1.79 bits per heavy atom. The van der Waals surface area contributed by atoms with Crippen molar-refractivity contribution >= 4 is 40.5 Å². The minimum Gasteiger partial charge on any atom is -0.478 e. The molecule has 2 heterocycles. The molecule has 0 aliphatic heterocycles. The Balaban J connectivity index is 1.76. The van der Waals surface area contributed by atoms with Gasteiger partial charge in [-0.3, -0.25) is 4.79 Å². The lowest BCUT2D eigenvalue weighted by Crippen LogP contribution is -2.15. The zero-order valence-corrected chi connectivity index (χ0v) is 18.0. The number of carbonyl (C=O) groups is 2. The van der Waals surface area contributed by atoms with Gasteiger partial charge in [0.2, 0.25) is 0 Å². The Bertz CT molecular complexity index is 1350. The van der Waals surface area contributed by atoms with E-state index in [2.05, 4.69) is 10.4 Å². The minimum absolute atomic E-state index is 0.0756. The molecule has 0 unspecified atom stereocenters. The molecule has 6 nitrogen and oxygen atoms in total. The van der Waals surface area contributed by atoms with E-state index in [9.17, 15) is 27.9 Å². The summed E-state index contributed by atoms with van der Waals surface area (Å²) in [6, 6.07) is 14.4. The number of carbonyl (C=O) groups excluding carboxylic acids is 1. The molecule has 0 saturated carbocycles. The van der Waals surface area contributed by atoms with E-state index in [1.54, 1.807) is 36.4 Å². The van der Waals surface area contributed by atoms with Crippen LogP contribution >= 0.6 is 22.9 Å². The van der Waals surface area contributed by atoms with Gasteiger partial charge >= 0.3 is 12.1 Å². The van der Waals surface area contributed by atoms with Gasteiger partial charge in [-0.05, 0) is 42.5 Å². The summed E-state index contributed by atoms with van der Waals surface area (Å²) in [5.74, 6) is -2.31. The van der Waals surface area contributed by atoms with Crippen molar-refractivity contribution in [1.29, 1.82) is 0 Å². The summed E-state index contributed by atoms with van der Waals surface area (Å²) >= 11 is 7.21. The Labute approximate surface area is 193 Å². The van der Waals surface area contributed by atoms with E-state index in [1.165, 1.54) is 22.2 Å². The van der Waals surface area contributed by atoms with Gasteiger partial charge < -0.3 is 10.4 Å². The fraction of sp³-hybridized carbons (Fsp3) is 0.0455. The molecule has 0 bridgehead atoms. The number of benzene rings is 2. The zero-order chi connectivity index (χ0) is 23.8. The second-order valence-electron chi connectivity index (χ2n) is 6.83. The summed E-state index contributed by atoms with van der Waals surface area (Å²) in [5.41, 5.74) is -1.10. The Morgan fingerprint density at radius 1 is 1.06 bits per heavy atom. The summed E-state index contributed by atoms with van der Waals surface area (Å²) in [4.78, 5) is 24.9. The van der Waals surface area contributed by atoms with Crippen LogP contribution in [0.1, 0.15) is 26.3 Å². The van der Waals surface area contributed by atoms with E-state index in [4.69, 9.17) is 11.6 Å². The number of hydrogen-bond donors (Lipinski definition) is 2. The first-order chi connectivity index (χ1) is 15.6. The van der Waals surface area contributed by atoms with Gasteiger partial charge in [-0.2, -0.15) is 18.3 Å². The molecule has 0 atom stereocenters. The van der Waals surface area contributed by atoms with Crippen LogP contribution in [0.25, 0.3) is 16.3 Å². The van der Waals surface area contributed by atoms with Crippen molar-refractivity contribution in [2.24, 2.45) is 0 Å². The van der Waals surface area contributed by atoms with Crippen LogP contribution in [0.4, 0.5) is 18.9 Å². The molecule has 2 aromatic heterocycles. The Kier molecular flexibility index (Phi) is 5.96. The number of aromatic nitrogens is 2. The van der Waals surface area contributed by atoms with E-state index in [1.807, 2.05) is 6.07 Å². The van der Waals surface area contributed by atoms with Crippen LogP contribution in [-0.2, 0) is 6.18 Å². The molecule has 0 fully saturated rings. The third kappa shape index (κ3) is 4.91. The molecule has 0 radical (unpaired) electrons. The highest BCUT2D eigenvalue weighted by Gasteiger charge is 2.32. The lowest BCUT2D eigenvalue weighted by Gasteiger charge is -2.11. The second kappa shape index (κ2) is 8.72. The molecule has 0 aliphatic rings. The van der Waals surface area contributed by atoms with Crippen molar-refractivity contribution in [2.45, 2.75) is 6.18 Å². The smallest absolute Gasteiger partial charge is 0.416 e. The maximum absolute atomic E-state index is 13.2. The van der Waals surface area contributed by atoms with Crippen LogP contribution in [-0.4, -0.2) is 26.8 Å². The molecular weight excluding hydrogens is 479 g/mol. The number of rotatable bonds is 5. The van der Waals surface area contributed by atoms with Gasteiger partial charge in [0.15, 0.2) is 0 Å². The molecular formula is C22H13ClF3N3O3S. The number of nitrogens with zero attached hydrogens (tertiary/aromatic N) is 2. The first-order valence-corrected chi connectivity index (χ1v) is 10.5. The number of alkyl halides is 3. The maximum Gasteiger partial charge on any atom is 0.416 e. The number of amides is 1. The molecule has 0 spiro atoms. The van der Waals surface area contributed by atoms with Crippen molar-refractivity contribution in [1.82, 2.24) is 9.78 Å². The number of thiophene rings is 1. The number of halogens is 4. The number of nitrogens with one attached hydrogen (secondary N) is 1. The monoisotopic (exact) mass is 491 g/mol. The van der Waals surface area contributed by atoms with Crippen LogP contribution in [0.15, 0.2) is 66.9 Å². The number of aromatic carboxylic acids is 1. The standard InChI is InChI=1S/C22H13ClF3N3O3S/c23-18-7-6-17(33-18)19-16(11-29(28-19)15-4-2-1-3-5-15)20(30)27-14-9-12(21(31)32)8-13(10-14)22(24,25)26/h1-11H,(H,27,30)(H,31,32). The number of carboxylic acid groups (broad SMARTS) is 1. The molecule has 33 heavy (non-hydrogen) atoms. The predicted octanol–water partition coefficient (Wildman–Crippen LogP) is 6.22. The normalized spacial score (nSPS) is 11.4. The quantitative estimate of drug-likeness (QED) is 0.347. The second-order valence-corrected chi connectivity index (χ2v) is 8.55. The third-order valence-electron chi connectivity index (χ3n) is 4.55. The van der Waals surface area contributed by atoms with Crippen LogP contribution < -0.4 is 5.32 Å². The summed E-state index contributed by atoms with van der Waals surface area (Å²) in [6.45, 7) is 0. The molecule has 2 aromatic carbocycles. The predicted molar refractivity (Wildman–Crippen MR) is 118 cm³/mol. The number of carboxylic acids is 1. The van der Waals surface area contributed by atoms with Crippen LogP contribution in [0, 0.1) is 0 Å². The summed E-state index contributed by atoms with van der Waals surface area (Å²) in [5, 5.41) is 16.0. The molecule has 4 rings (SSSR count). The maximum atomic E-state index is 13.2. The van der Waals surface area contributed by atoms with Gasteiger partial charge in [-0.25, -0.2) is 9.48 Å². The largest absolute Gasteiger partial charge is 0.478 e. The van der Waals surface area contributed by atoms with Gasteiger partial charge in [-0.1, -0.05) is 29.8 Å². The van der Waals surface area contributed by atoms with Gasteiger partial charge in [0, 0.05) is 11.9 Å². The molecule has 168 valence electrons. The van der Waals surface area contributed by atoms with Crippen molar-refractivity contribution in [2.75, 3.05) is 5.32 Å². The zero-order valence-electron chi connectivity index (χ0n) is 16.4. The van der Waals surface area contributed by atoms with E-state index >= 15 is 0 Å². The summed E-state index contributed by atoms with van der Waals surface area (Å²) in [7, 11) is 0. The van der Waals surface area contributed by atoms with Crippen LogP contribution in [0.3, 0.4) is 0 Å². The molecule has 2 N–H and O–H groups in total. The fourth-order valence-electron chi connectivity index (χ4n) is 3.06. The van der Waals surface area contributed by atoms with E-state index in [0.29, 0.717) is 27.0 Å². The van der Waals surface area contributed by atoms with Crippen LogP contribution in [0.2, 0.25) is 4.34 Å². The summed E-state index contributed by atoms with van der Waals surface area (Å²) in [6.07, 6.45) is -3.35. The minimum atomic E-state index is -4.79. The van der Waals surface area contributed by atoms with Gasteiger partial charge in [0.1, 0.15) is 5.69 Å². The van der Waals surface area contributed by atoms with Gasteiger partial charge in [-0.15, -0.1) is 11.3 Å². The Hall–Kier alpha value is -3.63. The SMILES string of the molecule is O=C(O)c1cc(NC(=O)c2cn(-c3ccccc3)nc2-c2ccc(Cl)s2)cc(C(F)(F)F)c1. The highest BCUT2D eigenvalue weighted by molar-refractivity contribution is 7.19. The molecule has 1 amide bonds. The first kappa shape index (κ1) is 22.6. The number of hydrogen-bond acceptors (Lipinski definition) is 4. The van der Waals surface area contributed by atoms with E-state index in [-0.39, 0.29) is 16.9 Å². The highest BCUT2D eigenvalue weighted by atomic mass is 35.5. The van der Waals surface area contributed by atoms with Gasteiger partial charge in [0.05, 0.1) is 31.6 Å². The van der Waals surface area contributed by atoms with E-state index in [0.717, 1.165) is 6.07 Å². The van der Waals surface area contributed by atoms with Crippen molar-refractivity contribution in [3.8, 4) is 16.3 Å². The topological polar surface area (TPSA) is 84.2 Å². The summed E-state index contributed by atoms with van der Waals surface area (Å²) < 4.78 is 41.6. The first-order valence-electron chi connectivity index (χ1n) is 9.29. The fourth-order valence-corrected chi connectivity index (χ4v) is 4.10. The van der Waals surface area contributed by atoms with Crippen LogP contribution in [0.5, 0.6) is 0 Å². The molecule has 4 aromatic rings. The number of anilines is 1. The highest BCUT2D eigenvalue weighted by Crippen LogP contribution is 2.34. The van der Waals surface area contributed by atoms with Crippen molar-refractivity contribution in [3.63, 3.8) is 0 Å².